The number of nitrogens with zero attached hydrogens (tertiary/aromatic N) is 1. The fraction of sp³-hybridized carbons (Fsp3) is 0.143. The van der Waals surface area contributed by atoms with Crippen LogP contribution in [-0.4, -0.2) is 21.6 Å². The SMILES string of the molecule is O=S(=O)(c1ccccc1Cl)N1CCOc2ccc(Cl)cc21. The predicted octanol–water partition coefficient (Wildman–Crippen LogP) is 3.58. The third kappa shape index (κ3) is 2.57. The summed E-state index contributed by atoms with van der Waals surface area (Å²) in [6.45, 7) is 0.485. The van der Waals surface area contributed by atoms with Crippen molar-refractivity contribution in [1.29, 1.82) is 0 Å². The van der Waals surface area contributed by atoms with Gasteiger partial charge in [0.15, 0.2) is 0 Å². The monoisotopic (exact) mass is 343 g/mol. The van der Waals surface area contributed by atoms with E-state index in [9.17, 15) is 8.42 Å². The Hall–Kier alpha value is -1.43. The van der Waals surface area contributed by atoms with E-state index in [0.717, 1.165) is 0 Å². The molecule has 0 aromatic heterocycles. The second-order valence-electron chi connectivity index (χ2n) is 4.47. The Morgan fingerprint density at radius 2 is 1.86 bits per heavy atom. The third-order valence-corrected chi connectivity index (χ3v) is 5.69. The van der Waals surface area contributed by atoms with Gasteiger partial charge in [-0.3, -0.25) is 4.31 Å². The van der Waals surface area contributed by atoms with E-state index in [-0.39, 0.29) is 23.1 Å². The number of ether oxygens (including phenoxy) is 1. The summed E-state index contributed by atoms with van der Waals surface area (Å²) in [4.78, 5) is 0.0690. The van der Waals surface area contributed by atoms with Gasteiger partial charge in [0, 0.05) is 5.02 Å². The smallest absolute Gasteiger partial charge is 0.266 e. The molecule has 0 bridgehead atoms. The molecule has 4 nitrogen and oxygen atoms in total. The Labute approximate surface area is 132 Å². The summed E-state index contributed by atoms with van der Waals surface area (Å²) in [5, 5.41) is 0.631. The van der Waals surface area contributed by atoms with E-state index in [2.05, 4.69) is 0 Å². The molecule has 110 valence electrons. The molecule has 1 aliphatic rings. The van der Waals surface area contributed by atoms with Crippen LogP contribution in [0.5, 0.6) is 5.75 Å². The van der Waals surface area contributed by atoms with Crippen molar-refractivity contribution in [1.82, 2.24) is 0 Å². The zero-order valence-corrected chi connectivity index (χ0v) is 13.1. The first-order valence-corrected chi connectivity index (χ1v) is 8.39. The Bertz CT molecular complexity index is 793. The Balaban J connectivity index is 2.14. The first kappa shape index (κ1) is 14.5. The lowest BCUT2D eigenvalue weighted by atomic mass is 10.2. The van der Waals surface area contributed by atoms with Crippen LogP contribution in [0.15, 0.2) is 47.4 Å². The van der Waals surface area contributed by atoms with Crippen LogP contribution in [0, 0.1) is 0 Å². The molecule has 0 spiro atoms. The van der Waals surface area contributed by atoms with Crippen LogP contribution in [0.4, 0.5) is 5.69 Å². The van der Waals surface area contributed by atoms with E-state index < -0.39 is 10.0 Å². The second-order valence-corrected chi connectivity index (χ2v) is 7.14. The number of fused-ring (bicyclic) bond motifs is 1. The Morgan fingerprint density at radius 3 is 2.62 bits per heavy atom. The highest BCUT2D eigenvalue weighted by Gasteiger charge is 2.31. The summed E-state index contributed by atoms with van der Waals surface area (Å²) in [6, 6.07) is 11.2. The zero-order valence-electron chi connectivity index (χ0n) is 10.8. The van der Waals surface area contributed by atoms with Crippen molar-refractivity contribution in [3.63, 3.8) is 0 Å². The summed E-state index contributed by atoms with van der Waals surface area (Å²) in [5.41, 5.74) is 0.425. The maximum Gasteiger partial charge on any atom is 0.266 e. The Kier molecular flexibility index (Phi) is 3.73. The minimum Gasteiger partial charge on any atom is -0.489 e. The van der Waals surface area contributed by atoms with Crippen LogP contribution in [-0.2, 0) is 10.0 Å². The fourth-order valence-electron chi connectivity index (χ4n) is 2.19. The van der Waals surface area contributed by atoms with E-state index in [0.29, 0.717) is 16.5 Å². The lowest BCUT2D eigenvalue weighted by Crippen LogP contribution is -2.38. The summed E-state index contributed by atoms with van der Waals surface area (Å²) in [5.74, 6) is 0.487. The van der Waals surface area contributed by atoms with E-state index >= 15 is 0 Å². The first-order valence-electron chi connectivity index (χ1n) is 6.20. The lowest BCUT2D eigenvalue weighted by molar-refractivity contribution is 0.316. The van der Waals surface area contributed by atoms with Gasteiger partial charge in [-0.2, -0.15) is 0 Å². The van der Waals surface area contributed by atoms with Crippen molar-refractivity contribution >= 4 is 38.9 Å². The van der Waals surface area contributed by atoms with Crippen molar-refractivity contribution in [2.75, 3.05) is 17.5 Å². The second kappa shape index (κ2) is 5.40. The highest BCUT2D eigenvalue weighted by Crippen LogP contribution is 2.38. The van der Waals surface area contributed by atoms with Gasteiger partial charge < -0.3 is 4.74 Å². The summed E-state index contributed by atoms with van der Waals surface area (Å²) >= 11 is 12.0. The maximum atomic E-state index is 12.8. The zero-order chi connectivity index (χ0) is 15.0. The standard InChI is InChI=1S/C14H11Cl2NO3S/c15-10-5-6-13-12(9-10)17(7-8-20-13)21(18,19)14-4-2-1-3-11(14)16/h1-6,9H,7-8H2. The quantitative estimate of drug-likeness (QED) is 0.837. The summed E-state index contributed by atoms with van der Waals surface area (Å²) in [7, 11) is -3.76. The van der Waals surface area contributed by atoms with Crippen LogP contribution >= 0.6 is 23.2 Å². The average molecular weight is 344 g/mol. The maximum absolute atomic E-state index is 12.8. The molecule has 3 rings (SSSR count). The van der Waals surface area contributed by atoms with Crippen molar-refractivity contribution in [2.24, 2.45) is 0 Å². The molecule has 0 fully saturated rings. The normalized spacial score (nSPS) is 14.5. The summed E-state index contributed by atoms with van der Waals surface area (Å²) < 4.78 is 32.4. The van der Waals surface area contributed by atoms with Crippen LogP contribution in [0.25, 0.3) is 0 Å². The molecule has 21 heavy (non-hydrogen) atoms. The fourth-order valence-corrected chi connectivity index (χ4v) is 4.30. The van der Waals surface area contributed by atoms with Gasteiger partial charge in [0.1, 0.15) is 17.3 Å². The van der Waals surface area contributed by atoms with Crippen LogP contribution in [0.1, 0.15) is 0 Å². The number of anilines is 1. The average Bonchev–Trinajstić information content (AvgIpc) is 2.46. The highest BCUT2D eigenvalue weighted by molar-refractivity contribution is 7.93. The molecule has 0 atom stereocenters. The van der Waals surface area contributed by atoms with Gasteiger partial charge >= 0.3 is 0 Å². The molecule has 0 saturated carbocycles. The van der Waals surface area contributed by atoms with E-state index in [1.165, 1.54) is 10.4 Å². The molecule has 0 amide bonds. The minimum atomic E-state index is -3.76. The topological polar surface area (TPSA) is 46.6 Å². The van der Waals surface area contributed by atoms with Gasteiger partial charge in [0.05, 0.1) is 17.3 Å². The van der Waals surface area contributed by atoms with Gasteiger partial charge in [-0.05, 0) is 30.3 Å². The number of rotatable bonds is 2. The largest absolute Gasteiger partial charge is 0.489 e. The van der Waals surface area contributed by atoms with Gasteiger partial charge in [-0.25, -0.2) is 8.42 Å². The molecule has 2 aromatic carbocycles. The van der Waals surface area contributed by atoms with Gasteiger partial charge in [0.25, 0.3) is 10.0 Å². The molecule has 0 unspecified atom stereocenters. The molecular weight excluding hydrogens is 333 g/mol. The van der Waals surface area contributed by atoms with E-state index in [4.69, 9.17) is 27.9 Å². The van der Waals surface area contributed by atoms with Crippen LogP contribution < -0.4 is 9.04 Å². The molecule has 0 N–H and O–H groups in total. The molecule has 0 saturated heterocycles. The molecule has 7 heteroatoms. The Morgan fingerprint density at radius 1 is 1.10 bits per heavy atom. The number of benzene rings is 2. The van der Waals surface area contributed by atoms with Crippen molar-refractivity contribution in [3.05, 3.63) is 52.5 Å². The third-order valence-electron chi connectivity index (χ3n) is 3.15. The number of hydrogen-bond acceptors (Lipinski definition) is 3. The molecule has 1 aliphatic heterocycles. The van der Waals surface area contributed by atoms with Crippen molar-refractivity contribution in [3.8, 4) is 5.75 Å². The van der Waals surface area contributed by atoms with Crippen LogP contribution in [0.3, 0.4) is 0 Å². The number of sulfonamides is 1. The lowest BCUT2D eigenvalue weighted by Gasteiger charge is -2.30. The van der Waals surface area contributed by atoms with Crippen molar-refractivity contribution < 1.29 is 13.2 Å². The predicted molar refractivity (Wildman–Crippen MR) is 82.9 cm³/mol. The van der Waals surface area contributed by atoms with Crippen LogP contribution in [0.2, 0.25) is 10.0 Å². The van der Waals surface area contributed by atoms with Crippen molar-refractivity contribution in [2.45, 2.75) is 4.90 Å². The van der Waals surface area contributed by atoms with Gasteiger partial charge in [-0.15, -0.1) is 0 Å². The highest BCUT2D eigenvalue weighted by atomic mass is 35.5. The van der Waals surface area contributed by atoms with E-state index in [1.54, 1.807) is 36.4 Å². The molecular formula is C14H11Cl2NO3S. The molecule has 0 radical (unpaired) electrons. The van der Waals surface area contributed by atoms with Gasteiger partial charge in [-0.1, -0.05) is 35.3 Å². The van der Waals surface area contributed by atoms with Gasteiger partial charge in [0.2, 0.25) is 0 Å². The molecule has 2 aromatic rings. The molecule has 1 heterocycles. The minimum absolute atomic E-state index is 0.0690. The number of hydrogen-bond donors (Lipinski definition) is 0. The molecule has 0 aliphatic carbocycles. The summed E-state index contributed by atoms with van der Waals surface area (Å²) in [6.07, 6.45) is 0. The first-order chi connectivity index (χ1) is 10.00. The number of halogens is 2. The van der Waals surface area contributed by atoms with E-state index in [1.807, 2.05) is 0 Å².